The van der Waals surface area contributed by atoms with Crippen molar-refractivity contribution in [3.8, 4) is 0 Å². The van der Waals surface area contributed by atoms with Crippen molar-refractivity contribution >= 4 is 17.6 Å². The molecule has 0 fully saturated rings. The number of carbonyl (C=O) groups is 3. The average Bonchev–Trinajstić information content (AvgIpc) is 2.72. The smallest absolute Gasteiger partial charge is 0.270 e. The van der Waals surface area contributed by atoms with Crippen molar-refractivity contribution in [3.05, 3.63) is 107 Å². The summed E-state index contributed by atoms with van der Waals surface area (Å²) in [6.45, 7) is 0. The Morgan fingerprint density at radius 1 is 0.571 bits per heavy atom. The first-order valence-electron chi connectivity index (χ1n) is 8.21. The van der Waals surface area contributed by atoms with Gasteiger partial charge >= 0.3 is 0 Å². The van der Waals surface area contributed by atoms with Crippen LogP contribution in [-0.2, 0) is 0 Å². The molecule has 0 saturated heterocycles. The van der Waals surface area contributed by atoms with Gasteiger partial charge in [0.1, 0.15) is 11.6 Å². The lowest BCUT2D eigenvalue weighted by Crippen LogP contribution is -2.42. The van der Waals surface area contributed by atoms with Crippen LogP contribution in [-0.4, -0.2) is 17.6 Å². The molecule has 0 atom stereocenters. The van der Waals surface area contributed by atoms with Crippen LogP contribution >= 0.6 is 0 Å². The molecular formula is C21H14F2N2O3. The molecule has 2 N–H and O–H groups in total. The van der Waals surface area contributed by atoms with E-state index in [1.54, 1.807) is 12.1 Å². The number of hydrogen-bond acceptors (Lipinski definition) is 3. The van der Waals surface area contributed by atoms with Gasteiger partial charge in [0, 0.05) is 16.7 Å². The van der Waals surface area contributed by atoms with Crippen LogP contribution in [0.3, 0.4) is 0 Å². The first-order valence-corrected chi connectivity index (χ1v) is 8.21. The van der Waals surface area contributed by atoms with Crippen LogP contribution in [0, 0.1) is 11.6 Å². The van der Waals surface area contributed by atoms with E-state index in [0.29, 0.717) is 0 Å². The number of hydrazine groups is 1. The van der Waals surface area contributed by atoms with Crippen molar-refractivity contribution in [1.82, 2.24) is 10.9 Å². The van der Waals surface area contributed by atoms with E-state index in [2.05, 4.69) is 10.9 Å². The average molecular weight is 380 g/mol. The number of carbonyl (C=O) groups excluding carboxylic acids is 3. The summed E-state index contributed by atoms with van der Waals surface area (Å²) in [5, 5.41) is 0. The molecule has 140 valence electrons. The molecule has 3 aromatic rings. The summed E-state index contributed by atoms with van der Waals surface area (Å²) in [5.74, 6) is -2.78. The number of halogens is 2. The molecule has 3 aromatic carbocycles. The highest BCUT2D eigenvalue weighted by Crippen LogP contribution is 2.15. The molecule has 0 aliphatic rings. The zero-order chi connectivity index (χ0) is 20.1. The summed E-state index contributed by atoms with van der Waals surface area (Å²) >= 11 is 0. The van der Waals surface area contributed by atoms with E-state index >= 15 is 0 Å². The van der Waals surface area contributed by atoms with E-state index in [1.165, 1.54) is 36.4 Å². The summed E-state index contributed by atoms with van der Waals surface area (Å²) < 4.78 is 26.0. The Balaban J connectivity index is 1.75. The molecule has 7 heteroatoms. The van der Waals surface area contributed by atoms with E-state index in [0.717, 1.165) is 24.3 Å². The number of ketones is 1. The van der Waals surface area contributed by atoms with Gasteiger partial charge in [0.2, 0.25) is 0 Å². The highest BCUT2D eigenvalue weighted by molar-refractivity contribution is 6.15. The fourth-order valence-corrected chi connectivity index (χ4v) is 2.49. The second kappa shape index (κ2) is 8.22. The minimum absolute atomic E-state index is 0.0382. The predicted molar refractivity (Wildman–Crippen MR) is 97.6 cm³/mol. The molecular weight excluding hydrogens is 366 g/mol. The first kappa shape index (κ1) is 18.9. The SMILES string of the molecule is O=C(NNC(=O)c1ccccc1C(=O)c1ccc(F)cc1)c1ccc(F)cc1. The van der Waals surface area contributed by atoms with Gasteiger partial charge in [-0.15, -0.1) is 0 Å². The number of rotatable bonds is 4. The maximum absolute atomic E-state index is 13.1. The maximum atomic E-state index is 13.1. The van der Waals surface area contributed by atoms with Gasteiger partial charge in [-0.3, -0.25) is 25.2 Å². The van der Waals surface area contributed by atoms with E-state index in [9.17, 15) is 23.2 Å². The summed E-state index contributed by atoms with van der Waals surface area (Å²) in [6, 6.07) is 15.8. The topological polar surface area (TPSA) is 75.3 Å². The van der Waals surface area contributed by atoms with Crippen molar-refractivity contribution in [3.63, 3.8) is 0 Å². The van der Waals surface area contributed by atoms with Gasteiger partial charge in [-0.25, -0.2) is 8.78 Å². The van der Waals surface area contributed by atoms with E-state index < -0.39 is 29.2 Å². The second-order valence-electron chi connectivity index (χ2n) is 5.80. The third-order valence-electron chi connectivity index (χ3n) is 3.92. The Labute approximate surface area is 159 Å². The summed E-state index contributed by atoms with van der Waals surface area (Å²) in [6.07, 6.45) is 0. The fourth-order valence-electron chi connectivity index (χ4n) is 2.49. The molecule has 5 nitrogen and oxygen atoms in total. The minimum atomic E-state index is -0.707. The molecule has 3 rings (SSSR count). The Morgan fingerprint density at radius 2 is 1.04 bits per heavy atom. The van der Waals surface area contributed by atoms with Gasteiger partial charge in [-0.2, -0.15) is 0 Å². The first-order chi connectivity index (χ1) is 13.5. The largest absolute Gasteiger partial charge is 0.289 e. The Bertz CT molecular complexity index is 1030. The van der Waals surface area contributed by atoms with Gasteiger partial charge in [0.15, 0.2) is 5.78 Å². The summed E-state index contributed by atoms with van der Waals surface area (Å²) in [4.78, 5) is 37.1. The molecule has 0 aliphatic carbocycles. The summed E-state index contributed by atoms with van der Waals surface area (Å²) in [5.41, 5.74) is 4.94. The molecule has 0 heterocycles. The number of hydrogen-bond donors (Lipinski definition) is 2. The normalized spacial score (nSPS) is 10.2. The zero-order valence-electron chi connectivity index (χ0n) is 14.4. The molecule has 0 unspecified atom stereocenters. The molecule has 28 heavy (non-hydrogen) atoms. The highest BCUT2D eigenvalue weighted by atomic mass is 19.1. The van der Waals surface area contributed by atoms with Gasteiger partial charge in [-0.1, -0.05) is 18.2 Å². The quantitative estimate of drug-likeness (QED) is 0.539. The van der Waals surface area contributed by atoms with Crippen LogP contribution in [0.4, 0.5) is 8.78 Å². The lowest BCUT2D eigenvalue weighted by molar-refractivity contribution is 0.0845. The van der Waals surface area contributed by atoms with Crippen molar-refractivity contribution in [2.24, 2.45) is 0 Å². The number of nitrogens with one attached hydrogen (secondary N) is 2. The van der Waals surface area contributed by atoms with E-state index in [1.807, 2.05) is 0 Å². The number of benzene rings is 3. The zero-order valence-corrected chi connectivity index (χ0v) is 14.4. The van der Waals surface area contributed by atoms with Crippen LogP contribution in [0.1, 0.15) is 36.6 Å². The van der Waals surface area contributed by atoms with Gasteiger partial charge in [0.05, 0.1) is 5.56 Å². The molecule has 0 radical (unpaired) electrons. The Kier molecular flexibility index (Phi) is 5.55. The molecule has 0 aromatic heterocycles. The Hall–Kier alpha value is -3.87. The van der Waals surface area contributed by atoms with Crippen LogP contribution in [0.15, 0.2) is 72.8 Å². The third kappa shape index (κ3) is 4.27. The molecule has 0 bridgehead atoms. The van der Waals surface area contributed by atoms with Crippen LogP contribution < -0.4 is 10.9 Å². The van der Waals surface area contributed by atoms with Crippen LogP contribution in [0.2, 0.25) is 0 Å². The third-order valence-corrected chi connectivity index (χ3v) is 3.92. The van der Waals surface area contributed by atoms with Crippen LogP contribution in [0.5, 0.6) is 0 Å². The fraction of sp³-hybridized carbons (Fsp3) is 0. The van der Waals surface area contributed by atoms with Crippen molar-refractivity contribution in [2.75, 3.05) is 0 Å². The van der Waals surface area contributed by atoms with Gasteiger partial charge in [0.25, 0.3) is 11.8 Å². The molecule has 0 saturated carbocycles. The minimum Gasteiger partial charge on any atom is -0.289 e. The lowest BCUT2D eigenvalue weighted by atomic mass is 9.98. The van der Waals surface area contributed by atoms with E-state index in [-0.39, 0.29) is 22.3 Å². The monoisotopic (exact) mass is 380 g/mol. The van der Waals surface area contributed by atoms with Crippen molar-refractivity contribution in [1.29, 1.82) is 0 Å². The second-order valence-corrected chi connectivity index (χ2v) is 5.80. The lowest BCUT2D eigenvalue weighted by Gasteiger charge is -2.11. The molecule has 2 amide bonds. The van der Waals surface area contributed by atoms with Crippen molar-refractivity contribution in [2.45, 2.75) is 0 Å². The van der Waals surface area contributed by atoms with E-state index in [4.69, 9.17) is 0 Å². The van der Waals surface area contributed by atoms with Gasteiger partial charge in [-0.05, 0) is 54.6 Å². The number of amides is 2. The highest BCUT2D eigenvalue weighted by Gasteiger charge is 2.18. The summed E-state index contributed by atoms with van der Waals surface area (Å²) in [7, 11) is 0. The Morgan fingerprint density at radius 3 is 1.61 bits per heavy atom. The molecule has 0 aliphatic heterocycles. The standard InChI is InChI=1S/C21H14F2N2O3/c22-15-9-5-13(6-10-15)19(26)17-3-1-2-4-18(17)21(28)25-24-20(27)14-7-11-16(23)12-8-14/h1-12H,(H,24,27)(H,25,28). The maximum Gasteiger partial charge on any atom is 0.270 e. The van der Waals surface area contributed by atoms with Gasteiger partial charge < -0.3 is 0 Å². The molecule has 0 spiro atoms. The predicted octanol–water partition coefficient (Wildman–Crippen LogP) is 3.27. The van der Waals surface area contributed by atoms with Crippen LogP contribution in [0.25, 0.3) is 0 Å². The van der Waals surface area contributed by atoms with Crippen molar-refractivity contribution < 1.29 is 23.2 Å².